The van der Waals surface area contributed by atoms with E-state index in [0.717, 1.165) is 0 Å². The molecule has 2 N–H and O–H groups in total. The smallest absolute Gasteiger partial charge is 0.224 e. The van der Waals surface area contributed by atoms with Gasteiger partial charge in [0.2, 0.25) is 5.95 Å². The van der Waals surface area contributed by atoms with Crippen LogP contribution in [0.15, 0.2) is 6.33 Å². The van der Waals surface area contributed by atoms with Crippen LogP contribution in [0.3, 0.4) is 0 Å². The van der Waals surface area contributed by atoms with Gasteiger partial charge in [-0.15, -0.1) is 0 Å². The number of hydrogen-bond acceptors (Lipinski definition) is 7. The largest absolute Gasteiger partial charge is 0.372 e. The lowest BCUT2D eigenvalue weighted by molar-refractivity contribution is 0.167. The number of anilines is 2. The first-order valence-corrected chi connectivity index (χ1v) is 9.34. The first kappa shape index (κ1) is 15.7. The van der Waals surface area contributed by atoms with Crippen LogP contribution in [0.4, 0.5) is 11.8 Å². The Labute approximate surface area is 123 Å². The number of ether oxygens (including phenoxy) is 1. The molecule has 21 heavy (non-hydrogen) atoms. The lowest BCUT2D eigenvalue weighted by atomic mass is 10.4. The molecule has 0 fully saturated rings. The third-order valence-electron chi connectivity index (χ3n) is 2.77. The fourth-order valence-corrected chi connectivity index (χ4v) is 2.44. The van der Waals surface area contributed by atoms with Crippen molar-refractivity contribution in [3.8, 4) is 0 Å². The summed E-state index contributed by atoms with van der Waals surface area (Å²) in [6, 6.07) is 0. The third-order valence-corrected chi connectivity index (χ3v) is 3.57. The van der Waals surface area contributed by atoms with Gasteiger partial charge in [0.1, 0.15) is 7.14 Å². The van der Waals surface area contributed by atoms with E-state index in [-0.39, 0.29) is 12.3 Å². The van der Waals surface area contributed by atoms with E-state index in [1.54, 1.807) is 19.7 Å². The van der Waals surface area contributed by atoms with Crippen molar-refractivity contribution in [3.63, 3.8) is 0 Å². The Bertz CT molecular complexity index is 678. The van der Waals surface area contributed by atoms with Crippen LogP contribution in [-0.4, -0.2) is 59.9 Å². The molecule has 0 spiro atoms. The Kier molecular flexibility index (Phi) is 4.49. The fraction of sp³-hybridized carbons (Fsp3) is 0.583. The second kappa shape index (κ2) is 5.99. The number of nitrogens with zero attached hydrogens (tertiary/aromatic N) is 5. The lowest BCUT2D eigenvalue weighted by Crippen LogP contribution is -2.14. The number of imidazole rings is 1. The van der Waals surface area contributed by atoms with Gasteiger partial charge in [-0.2, -0.15) is 9.97 Å². The zero-order chi connectivity index (χ0) is 15.6. The molecule has 2 aromatic heterocycles. The number of rotatable bonds is 6. The maximum atomic E-state index is 11.6. The van der Waals surface area contributed by atoms with Gasteiger partial charge in [-0.3, -0.25) is 0 Å². The molecule has 116 valence electrons. The number of nitrogens with two attached hydrogens (primary N) is 1. The maximum absolute atomic E-state index is 11.6. The standard InChI is InChI=1S/C12H21N6O2P/c1-17(2)10-9-11(16-12(13)15-10)18(7-14-9)5-6-20-8-21(3,4)19/h7H,5-6,8H2,1-4H3,(H2,13,15,16). The molecule has 0 unspecified atom stereocenters. The van der Waals surface area contributed by atoms with Gasteiger partial charge in [0.25, 0.3) is 0 Å². The summed E-state index contributed by atoms with van der Waals surface area (Å²) in [4.78, 5) is 14.6. The highest BCUT2D eigenvalue weighted by molar-refractivity contribution is 7.62. The summed E-state index contributed by atoms with van der Waals surface area (Å²) in [5, 5.41) is 0. The van der Waals surface area contributed by atoms with Crippen LogP contribution in [0.25, 0.3) is 11.2 Å². The van der Waals surface area contributed by atoms with Gasteiger partial charge >= 0.3 is 0 Å². The molecule has 0 bridgehead atoms. The SMILES string of the molecule is CN(C)c1nc(N)nc2c1ncn2CCOCP(C)(C)=O. The van der Waals surface area contributed by atoms with E-state index in [0.29, 0.717) is 30.1 Å². The fourth-order valence-electron chi connectivity index (χ4n) is 1.87. The Balaban J connectivity index is 2.16. The second-order valence-corrected chi connectivity index (χ2v) is 8.93. The molecule has 0 aromatic carbocycles. The van der Waals surface area contributed by atoms with Gasteiger partial charge < -0.3 is 24.5 Å². The van der Waals surface area contributed by atoms with Crippen molar-refractivity contribution in [2.45, 2.75) is 6.54 Å². The van der Waals surface area contributed by atoms with E-state index < -0.39 is 7.14 Å². The molecule has 2 rings (SSSR count). The monoisotopic (exact) mass is 312 g/mol. The Morgan fingerprint density at radius 1 is 1.38 bits per heavy atom. The van der Waals surface area contributed by atoms with Gasteiger partial charge in [-0.05, 0) is 13.3 Å². The van der Waals surface area contributed by atoms with Crippen molar-refractivity contribution in [2.24, 2.45) is 0 Å². The van der Waals surface area contributed by atoms with Crippen molar-refractivity contribution in [2.75, 3.05) is 51.0 Å². The molecule has 0 aliphatic carbocycles. The Hall–Kier alpha value is -1.66. The zero-order valence-electron chi connectivity index (χ0n) is 12.8. The van der Waals surface area contributed by atoms with Gasteiger partial charge in [0, 0.05) is 20.6 Å². The molecule has 0 atom stereocenters. The minimum Gasteiger partial charge on any atom is -0.372 e. The van der Waals surface area contributed by atoms with Gasteiger partial charge in [-0.1, -0.05) is 0 Å². The third kappa shape index (κ3) is 3.92. The first-order chi connectivity index (χ1) is 9.78. The van der Waals surface area contributed by atoms with Crippen molar-refractivity contribution in [3.05, 3.63) is 6.33 Å². The summed E-state index contributed by atoms with van der Waals surface area (Å²) >= 11 is 0. The average molecular weight is 312 g/mol. The highest BCUT2D eigenvalue weighted by atomic mass is 31.2. The Morgan fingerprint density at radius 2 is 2.10 bits per heavy atom. The highest BCUT2D eigenvalue weighted by Gasteiger charge is 2.14. The van der Waals surface area contributed by atoms with Crippen LogP contribution in [0.1, 0.15) is 0 Å². The molecule has 0 aliphatic heterocycles. The summed E-state index contributed by atoms with van der Waals surface area (Å²) in [6.07, 6.45) is 1.96. The van der Waals surface area contributed by atoms with Crippen LogP contribution >= 0.6 is 7.14 Å². The quantitative estimate of drug-likeness (QED) is 0.629. The topological polar surface area (TPSA) is 99.2 Å². The van der Waals surface area contributed by atoms with Crippen LogP contribution in [0, 0.1) is 0 Å². The molecule has 2 heterocycles. The molecule has 0 radical (unpaired) electrons. The molecule has 8 nitrogen and oxygen atoms in total. The zero-order valence-corrected chi connectivity index (χ0v) is 13.7. The van der Waals surface area contributed by atoms with Crippen molar-refractivity contribution in [1.82, 2.24) is 19.5 Å². The summed E-state index contributed by atoms with van der Waals surface area (Å²) in [5.74, 6) is 0.893. The highest BCUT2D eigenvalue weighted by Crippen LogP contribution is 2.35. The molecule has 9 heteroatoms. The van der Waals surface area contributed by atoms with Crippen LogP contribution < -0.4 is 10.6 Å². The van der Waals surface area contributed by atoms with E-state index in [1.807, 2.05) is 23.6 Å². The average Bonchev–Trinajstić information content (AvgIpc) is 2.75. The predicted molar refractivity (Wildman–Crippen MR) is 84.3 cm³/mol. The van der Waals surface area contributed by atoms with Crippen molar-refractivity contribution >= 4 is 30.1 Å². The maximum Gasteiger partial charge on any atom is 0.224 e. The number of hydrogen-bond donors (Lipinski definition) is 1. The summed E-state index contributed by atoms with van der Waals surface area (Å²) in [7, 11) is 1.61. The minimum atomic E-state index is -2.15. The lowest BCUT2D eigenvalue weighted by Gasteiger charge is -2.12. The van der Waals surface area contributed by atoms with Crippen LogP contribution in [0.5, 0.6) is 0 Å². The summed E-state index contributed by atoms with van der Waals surface area (Å²) < 4.78 is 18.9. The first-order valence-electron chi connectivity index (χ1n) is 6.55. The number of fused-ring (bicyclic) bond motifs is 1. The van der Waals surface area contributed by atoms with E-state index in [2.05, 4.69) is 15.0 Å². The van der Waals surface area contributed by atoms with Gasteiger partial charge in [0.15, 0.2) is 17.0 Å². The normalized spacial score (nSPS) is 12.0. The van der Waals surface area contributed by atoms with Gasteiger partial charge in [-0.25, -0.2) is 4.98 Å². The second-order valence-electron chi connectivity index (χ2n) is 5.52. The number of nitrogen functional groups attached to an aromatic ring is 1. The predicted octanol–water partition coefficient (Wildman–Crippen LogP) is 1.07. The van der Waals surface area contributed by atoms with E-state index in [9.17, 15) is 4.57 Å². The van der Waals surface area contributed by atoms with E-state index >= 15 is 0 Å². The molecule has 0 amide bonds. The van der Waals surface area contributed by atoms with Crippen molar-refractivity contribution in [1.29, 1.82) is 0 Å². The molecule has 0 aliphatic rings. The number of aromatic nitrogens is 4. The molecular formula is C12H21N6O2P. The molecule has 0 saturated heterocycles. The summed E-state index contributed by atoms with van der Waals surface area (Å²) in [5.41, 5.74) is 7.12. The molecule has 2 aromatic rings. The minimum absolute atomic E-state index is 0.209. The van der Waals surface area contributed by atoms with Crippen molar-refractivity contribution < 1.29 is 9.30 Å². The van der Waals surface area contributed by atoms with E-state index in [4.69, 9.17) is 10.5 Å². The van der Waals surface area contributed by atoms with Gasteiger partial charge in [0.05, 0.1) is 19.3 Å². The summed E-state index contributed by atoms with van der Waals surface area (Å²) in [6.45, 7) is 4.42. The van der Waals surface area contributed by atoms with Crippen LogP contribution in [0.2, 0.25) is 0 Å². The van der Waals surface area contributed by atoms with E-state index in [1.165, 1.54) is 0 Å². The molecule has 0 saturated carbocycles. The van der Waals surface area contributed by atoms with Crippen LogP contribution in [-0.2, 0) is 15.8 Å². The molecular weight excluding hydrogens is 291 g/mol. The Morgan fingerprint density at radius 3 is 2.71 bits per heavy atom.